The van der Waals surface area contributed by atoms with Crippen LogP contribution in [0.2, 0.25) is 0 Å². The number of hydrogen-bond acceptors (Lipinski definition) is 7. The van der Waals surface area contributed by atoms with E-state index in [9.17, 15) is 18.0 Å². The number of nitriles is 1. The van der Waals surface area contributed by atoms with Gasteiger partial charge in [-0.3, -0.25) is 21.0 Å². The van der Waals surface area contributed by atoms with Crippen molar-refractivity contribution in [3.63, 3.8) is 0 Å². The number of alkyl halides is 3. The summed E-state index contributed by atoms with van der Waals surface area (Å²) in [5.74, 6) is 3.71. The van der Waals surface area contributed by atoms with Crippen LogP contribution in [-0.2, 0) is 6.18 Å². The van der Waals surface area contributed by atoms with Crippen molar-refractivity contribution in [3.05, 3.63) is 23.8 Å². The fourth-order valence-electron chi connectivity index (χ4n) is 3.61. The van der Waals surface area contributed by atoms with E-state index in [2.05, 4.69) is 26.4 Å². The minimum atomic E-state index is -4.69. The van der Waals surface area contributed by atoms with E-state index >= 15 is 0 Å². The molecule has 0 bridgehead atoms. The zero-order chi connectivity index (χ0) is 19.7. The molecule has 3 N–H and O–H groups in total. The lowest BCUT2D eigenvalue weighted by atomic mass is 9.84. The fourth-order valence-corrected chi connectivity index (χ4v) is 3.61. The van der Waals surface area contributed by atoms with Crippen molar-refractivity contribution in [1.29, 1.82) is 5.26 Å². The summed E-state index contributed by atoms with van der Waals surface area (Å²) >= 11 is 0. The Bertz CT molecular complexity index is 734. The van der Waals surface area contributed by atoms with Crippen LogP contribution in [0.15, 0.2) is 12.3 Å². The first-order valence-corrected chi connectivity index (χ1v) is 8.56. The van der Waals surface area contributed by atoms with E-state index in [0.717, 1.165) is 6.20 Å². The number of hydrazine groups is 1. The van der Waals surface area contributed by atoms with Crippen LogP contribution in [0.4, 0.5) is 13.2 Å². The van der Waals surface area contributed by atoms with E-state index in [-0.39, 0.29) is 17.3 Å². The van der Waals surface area contributed by atoms with E-state index in [0.29, 0.717) is 45.4 Å². The Morgan fingerprint density at radius 2 is 2.07 bits per heavy atom. The highest BCUT2D eigenvalue weighted by atomic mass is 19.4. The number of nitrogens with one attached hydrogen (secondary N) is 1. The Morgan fingerprint density at radius 3 is 2.63 bits per heavy atom. The Hall–Kier alpha value is -2.29. The molecule has 2 aliphatic rings. The maximum atomic E-state index is 12.7. The van der Waals surface area contributed by atoms with Crippen LogP contribution in [0.25, 0.3) is 0 Å². The molecule has 0 unspecified atom stereocenters. The molecule has 0 radical (unpaired) electrons. The molecule has 0 aromatic carbocycles. The van der Waals surface area contributed by atoms with Crippen LogP contribution in [0.5, 0.6) is 0 Å². The van der Waals surface area contributed by atoms with E-state index in [1.807, 2.05) is 0 Å². The van der Waals surface area contributed by atoms with Crippen LogP contribution in [0.3, 0.4) is 0 Å². The van der Waals surface area contributed by atoms with Crippen molar-refractivity contribution in [2.24, 2.45) is 5.84 Å². The molecule has 2 saturated heterocycles. The van der Waals surface area contributed by atoms with Gasteiger partial charge in [-0.15, -0.1) is 0 Å². The third-order valence-corrected chi connectivity index (χ3v) is 5.13. The summed E-state index contributed by atoms with van der Waals surface area (Å²) in [5, 5.41) is 8.88. The lowest BCUT2D eigenvalue weighted by molar-refractivity contribution is -0.145. The Labute approximate surface area is 154 Å². The molecule has 1 amide bonds. The fraction of sp³-hybridized carbons (Fsp3) is 0.625. The van der Waals surface area contributed by atoms with E-state index in [1.165, 1.54) is 11.0 Å². The maximum absolute atomic E-state index is 12.7. The number of likely N-dealkylation sites (tertiary alicyclic amines) is 2. The van der Waals surface area contributed by atoms with E-state index in [1.54, 1.807) is 0 Å². The number of halogens is 3. The molecule has 27 heavy (non-hydrogen) atoms. The predicted octanol–water partition coefficient (Wildman–Crippen LogP) is 0.531. The molecule has 3 rings (SSSR count). The topological polar surface area (TPSA) is 111 Å². The van der Waals surface area contributed by atoms with Gasteiger partial charge in [0.25, 0.3) is 5.91 Å². The van der Waals surface area contributed by atoms with E-state index < -0.39 is 17.9 Å². The monoisotopic (exact) mass is 383 g/mol. The average Bonchev–Trinajstić information content (AvgIpc) is 2.63. The molecule has 0 aliphatic carbocycles. The molecule has 0 saturated carbocycles. The molecule has 11 heteroatoms. The number of carbonyl (C=O) groups is 1. The van der Waals surface area contributed by atoms with Crippen molar-refractivity contribution in [3.8, 4) is 6.07 Å². The average molecular weight is 383 g/mol. The van der Waals surface area contributed by atoms with Gasteiger partial charge in [0.1, 0.15) is 5.69 Å². The van der Waals surface area contributed by atoms with Crippen LogP contribution in [0.1, 0.15) is 35.6 Å². The molecular weight excluding hydrogens is 363 g/mol. The SMILES string of the molecule is N#CCC1(NN)CN(C2CCN(C(=O)c3ccnc(C(F)(F)F)n3)CC2)C1. The Balaban J connectivity index is 1.56. The highest BCUT2D eigenvalue weighted by Gasteiger charge is 2.45. The zero-order valence-electron chi connectivity index (χ0n) is 14.5. The largest absolute Gasteiger partial charge is 0.451 e. The van der Waals surface area contributed by atoms with E-state index in [4.69, 9.17) is 11.1 Å². The lowest BCUT2D eigenvalue weighted by Gasteiger charge is -2.53. The van der Waals surface area contributed by atoms with Gasteiger partial charge in [-0.25, -0.2) is 9.97 Å². The molecule has 146 valence electrons. The number of aromatic nitrogens is 2. The molecule has 0 atom stereocenters. The Kier molecular flexibility index (Phi) is 5.32. The summed E-state index contributed by atoms with van der Waals surface area (Å²) in [4.78, 5) is 22.7. The summed E-state index contributed by atoms with van der Waals surface area (Å²) in [6.45, 7) is 2.20. The van der Waals surface area contributed by atoms with Gasteiger partial charge < -0.3 is 4.90 Å². The third-order valence-electron chi connectivity index (χ3n) is 5.13. The smallest absolute Gasteiger partial charge is 0.337 e. The summed E-state index contributed by atoms with van der Waals surface area (Å²) in [6.07, 6.45) is -2.00. The first kappa shape index (κ1) is 19.5. The van der Waals surface area contributed by atoms with Crippen LogP contribution >= 0.6 is 0 Å². The van der Waals surface area contributed by atoms with Crippen molar-refractivity contribution in [2.75, 3.05) is 26.2 Å². The molecular formula is C16H20F3N7O. The van der Waals surface area contributed by atoms with Crippen molar-refractivity contribution in [1.82, 2.24) is 25.2 Å². The van der Waals surface area contributed by atoms with Crippen molar-refractivity contribution >= 4 is 5.91 Å². The number of nitrogens with zero attached hydrogens (tertiary/aromatic N) is 5. The first-order valence-electron chi connectivity index (χ1n) is 8.56. The van der Waals surface area contributed by atoms with Crippen molar-refractivity contribution in [2.45, 2.75) is 37.0 Å². The minimum Gasteiger partial charge on any atom is -0.337 e. The van der Waals surface area contributed by atoms with Crippen molar-refractivity contribution < 1.29 is 18.0 Å². The summed E-state index contributed by atoms with van der Waals surface area (Å²) in [6, 6.07) is 3.58. The molecule has 2 fully saturated rings. The highest BCUT2D eigenvalue weighted by Crippen LogP contribution is 2.30. The summed E-state index contributed by atoms with van der Waals surface area (Å²) in [7, 11) is 0. The zero-order valence-corrected chi connectivity index (χ0v) is 14.5. The first-order chi connectivity index (χ1) is 12.8. The van der Waals surface area contributed by atoms with Crippen LogP contribution in [0, 0.1) is 11.3 Å². The third kappa shape index (κ3) is 4.02. The molecule has 3 heterocycles. The number of rotatable bonds is 4. The Morgan fingerprint density at radius 1 is 1.41 bits per heavy atom. The lowest BCUT2D eigenvalue weighted by Crippen LogP contribution is -2.73. The number of nitrogens with two attached hydrogens (primary N) is 1. The minimum absolute atomic E-state index is 0.250. The molecule has 1 aromatic heterocycles. The van der Waals surface area contributed by atoms with Gasteiger partial charge in [0.05, 0.1) is 18.0 Å². The number of carbonyl (C=O) groups excluding carboxylic acids is 1. The number of piperidine rings is 1. The predicted molar refractivity (Wildman–Crippen MR) is 87.8 cm³/mol. The number of amides is 1. The van der Waals surface area contributed by atoms with Gasteiger partial charge in [-0.1, -0.05) is 0 Å². The van der Waals surface area contributed by atoms with Gasteiger partial charge in [0, 0.05) is 38.4 Å². The van der Waals surface area contributed by atoms with Crippen LogP contribution < -0.4 is 11.3 Å². The second-order valence-corrected chi connectivity index (χ2v) is 6.95. The molecule has 0 spiro atoms. The number of hydrogen-bond donors (Lipinski definition) is 2. The molecule has 1 aromatic rings. The molecule has 8 nitrogen and oxygen atoms in total. The van der Waals surface area contributed by atoms with Crippen LogP contribution in [-0.4, -0.2) is 63.4 Å². The van der Waals surface area contributed by atoms with Gasteiger partial charge in [-0.05, 0) is 18.9 Å². The van der Waals surface area contributed by atoms with Gasteiger partial charge in [0.2, 0.25) is 5.82 Å². The highest BCUT2D eigenvalue weighted by molar-refractivity contribution is 5.92. The summed E-state index contributed by atoms with van der Waals surface area (Å²) in [5.41, 5.74) is 2.09. The van der Waals surface area contributed by atoms with Gasteiger partial charge >= 0.3 is 6.18 Å². The normalized spacial score (nSPS) is 20.8. The second-order valence-electron chi connectivity index (χ2n) is 6.95. The standard InChI is InChI=1S/C16H20F3N7O/c17-16(18,19)14-22-6-1-12(23-14)13(27)25-7-2-11(3-8-25)26-9-15(10-26,24-21)4-5-20/h1,6,11,24H,2-4,7-10,21H2. The quantitative estimate of drug-likeness (QED) is 0.576. The van der Waals surface area contributed by atoms with Gasteiger partial charge in [0.15, 0.2) is 0 Å². The second kappa shape index (κ2) is 7.38. The molecule has 2 aliphatic heterocycles. The maximum Gasteiger partial charge on any atom is 0.451 e. The summed E-state index contributed by atoms with van der Waals surface area (Å²) < 4.78 is 38.1. The van der Waals surface area contributed by atoms with Gasteiger partial charge in [-0.2, -0.15) is 18.4 Å².